The molecule has 20 heavy (non-hydrogen) atoms. The number of carbonyl (C=O) groups is 1. The number of benzene rings is 1. The molecule has 0 bridgehead atoms. The third kappa shape index (κ3) is 2.73. The van der Waals surface area contributed by atoms with Crippen LogP contribution in [0.25, 0.3) is 0 Å². The van der Waals surface area contributed by atoms with Crippen LogP contribution >= 0.6 is 11.6 Å². The maximum atomic E-state index is 12.3. The number of nitrogens with zero attached hydrogens (tertiary/aromatic N) is 2. The molecule has 0 saturated heterocycles. The number of amides is 1. The summed E-state index contributed by atoms with van der Waals surface area (Å²) in [6.07, 6.45) is 3.51. The standard InChI is InChI=1S/C16H15ClN2O/c1-4-14-11(2)10-15(20)19(16(14)18-12(3)17)13-8-6-5-7-9-13/h4-10H,3H2,1-2H3/b14-4?,18-16+. The maximum absolute atomic E-state index is 12.3. The number of aliphatic imine (C=N–C) groups is 1. The van der Waals surface area contributed by atoms with Crippen LogP contribution in [0, 0.1) is 0 Å². The molecular weight excluding hydrogens is 272 g/mol. The van der Waals surface area contributed by atoms with Gasteiger partial charge in [0.25, 0.3) is 5.91 Å². The van der Waals surface area contributed by atoms with E-state index in [9.17, 15) is 4.79 Å². The van der Waals surface area contributed by atoms with E-state index >= 15 is 0 Å². The quantitative estimate of drug-likeness (QED) is 0.755. The number of hydrogen-bond donors (Lipinski definition) is 0. The van der Waals surface area contributed by atoms with Gasteiger partial charge in [-0.2, -0.15) is 0 Å². The monoisotopic (exact) mass is 286 g/mol. The molecule has 102 valence electrons. The largest absolute Gasteiger partial charge is 0.269 e. The molecule has 4 heteroatoms. The molecule has 3 nitrogen and oxygen atoms in total. The molecule has 1 heterocycles. The second kappa shape index (κ2) is 5.88. The van der Waals surface area contributed by atoms with Gasteiger partial charge in [-0.1, -0.05) is 42.5 Å². The fraction of sp³-hybridized carbons (Fsp3) is 0.125. The van der Waals surface area contributed by atoms with Crippen molar-refractivity contribution in [3.05, 3.63) is 65.4 Å². The number of amidine groups is 1. The first kappa shape index (κ1) is 14.3. The normalized spacial score (nSPS) is 19.4. The van der Waals surface area contributed by atoms with Gasteiger partial charge in [0.1, 0.15) is 11.0 Å². The van der Waals surface area contributed by atoms with Crippen LogP contribution < -0.4 is 4.90 Å². The van der Waals surface area contributed by atoms with Crippen LogP contribution in [0.1, 0.15) is 13.8 Å². The molecule has 0 atom stereocenters. The molecule has 0 fully saturated rings. The molecule has 0 N–H and O–H groups in total. The van der Waals surface area contributed by atoms with Crippen LogP contribution in [0.4, 0.5) is 5.69 Å². The van der Waals surface area contributed by atoms with E-state index in [1.165, 1.54) is 4.90 Å². The van der Waals surface area contributed by atoms with Crippen molar-refractivity contribution in [3.63, 3.8) is 0 Å². The van der Waals surface area contributed by atoms with E-state index in [0.717, 1.165) is 16.8 Å². The van der Waals surface area contributed by atoms with Crippen molar-refractivity contribution < 1.29 is 4.79 Å². The highest BCUT2D eigenvalue weighted by atomic mass is 35.5. The minimum absolute atomic E-state index is 0.141. The summed E-state index contributed by atoms with van der Waals surface area (Å²) in [5.74, 6) is 0.361. The first-order chi connectivity index (χ1) is 9.54. The number of allylic oxidation sites excluding steroid dienone is 1. The number of rotatable bonds is 2. The fourth-order valence-corrected chi connectivity index (χ4v) is 2.22. The van der Waals surface area contributed by atoms with Gasteiger partial charge in [-0.3, -0.25) is 9.69 Å². The van der Waals surface area contributed by atoms with E-state index in [0.29, 0.717) is 5.84 Å². The van der Waals surface area contributed by atoms with Crippen molar-refractivity contribution in [2.75, 3.05) is 4.90 Å². The van der Waals surface area contributed by atoms with Crippen molar-refractivity contribution >= 4 is 29.0 Å². The Hall–Kier alpha value is -2.13. The van der Waals surface area contributed by atoms with Gasteiger partial charge in [0.05, 0.1) is 5.69 Å². The summed E-state index contributed by atoms with van der Waals surface area (Å²) in [5.41, 5.74) is 2.48. The van der Waals surface area contributed by atoms with Gasteiger partial charge in [0.15, 0.2) is 0 Å². The fourth-order valence-electron chi connectivity index (χ4n) is 2.14. The number of carbonyl (C=O) groups excluding carboxylic acids is 1. The molecule has 1 amide bonds. The third-order valence-corrected chi connectivity index (χ3v) is 3.05. The van der Waals surface area contributed by atoms with Gasteiger partial charge in [0, 0.05) is 11.6 Å². The van der Waals surface area contributed by atoms with Crippen molar-refractivity contribution in [2.45, 2.75) is 13.8 Å². The van der Waals surface area contributed by atoms with Crippen LogP contribution in [0.2, 0.25) is 0 Å². The van der Waals surface area contributed by atoms with E-state index in [4.69, 9.17) is 11.6 Å². The second-order valence-corrected chi connectivity index (χ2v) is 4.79. The van der Waals surface area contributed by atoms with Crippen LogP contribution in [0.3, 0.4) is 0 Å². The summed E-state index contributed by atoms with van der Waals surface area (Å²) in [4.78, 5) is 18.1. The Morgan fingerprint density at radius 1 is 1.35 bits per heavy atom. The first-order valence-electron chi connectivity index (χ1n) is 6.22. The maximum Gasteiger partial charge on any atom is 0.257 e. The lowest BCUT2D eigenvalue weighted by molar-refractivity contribution is -0.113. The Balaban J connectivity index is 2.64. The lowest BCUT2D eigenvalue weighted by Crippen LogP contribution is -2.40. The first-order valence-corrected chi connectivity index (χ1v) is 6.60. The lowest BCUT2D eigenvalue weighted by atomic mass is 10.00. The van der Waals surface area contributed by atoms with E-state index in [2.05, 4.69) is 11.6 Å². The Morgan fingerprint density at radius 3 is 2.55 bits per heavy atom. The molecular formula is C16H15ClN2O. The predicted molar refractivity (Wildman–Crippen MR) is 83.9 cm³/mol. The van der Waals surface area contributed by atoms with E-state index in [1.54, 1.807) is 6.08 Å². The van der Waals surface area contributed by atoms with Crippen molar-refractivity contribution in [1.82, 2.24) is 0 Å². The zero-order chi connectivity index (χ0) is 14.7. The molecule has 1 aliphatic rings. The van der Waals surface area contributed by atoms with Gasteiger partial charge in [0.2, 0.25) is 0 Å². The van der Waals surface area contributed by atoms with E-state index in [-0.39, 0.29) is 11.1 Å². The highest BCUT2D eigenvalue weighted by Crippen LogP contribution is 2.27. The molecule has 0 radical (unpaired) electrons. The van der Waals surface area contributed by atoms with Gasteiger partial charge in [-0.25, -0.2) is 4.99 Å². The highest BCUT2D eigenvalue weighted by Gasteiger charge is 2.28. The lowest BCUT2D eigenvalue weighted by Gasteiger charge is -2.29. The van der Waals surface area contributed by atoms with Gasteiger partial charge in [-0.05, 0) is 31.6 Å². The molecule has 0 aliphatic carbocycles. The van der Waals surface area contributed by atoms with Gasteiger partial charge >= 0.3 is 0 Å². The highest BCUT2D eigenvalue weighted by molar-refractivity contribution is 6.34. The van der Waals surface area contributed by atoms with Crippen LogP contribution in [-0.4, -0.2) is 11.7 Å². The summed E-state index contributed by atoms with van der Waals surface area (Å²) in [5, 5.41) is 0.141. The van der Waals surface area contributed by atoms with Crippen LogP contribution in [0.15, 0.2) is 70.4 Å². The molecule has 0 aromatic heterocycles. The van der Waals surface area contributed by atoms with Crippen molar-refractivity contribution in [1.29, 1.82) is 0 Å². The number of anilines is 1. The summed E-state index contributed by atoms with van der Waals surface area (Å²) >= 11 is 5.81. The third-order valence-electron chi connectivity index (χ3n) is 2.97. The molecule has 2 rings (SSSR count). The van der Waals surface area contributed by atoms with Gasteiger partial charge < -0.3 is 0 Å². The van der Waals surface area contributed by atoms with Crippen LogP contribution in [0.5, 0.6) is 0 Å². The Morgan fingerprint density at radius 2 is 2.00 bits per heavy atom. The molecule has 1 aliphatic heterocycles. The zero-order valence-corrected chi connectivity index (χ0v) is 12.2. The summed E-state index contributed by atoms with van der Waals surface area (Å²) < 4.78 is 0. The zero-order valence-electron chi connectivity index (χ0n) is 11.4. The van der Waals surface area contributed by atoms with Crippen molar-refractivity contribution in [2.24, 2.45) is 4.99 Å². The number of para-hydroxylation sites is 1. The Kier molecular flexibility index (Phi) is 4.20. The smallest absolute Gasteiger partial charge is 0.257 e. The topological polar surface area (TPSA) is 32.7 Å². The molecule has 1 aromatic carbocycles. The minimum Gasteiger partial charge on any atom is -0.269 e. The van der Waals surface area contributed by atoms with Crippen molar-refractivity contribution in [3.8, 4) is 0 Å². The average Bonchev–Trinajstić information content (AvgIpc) is 2.39. The summed E-state index contributed by atoms with van der Waals surface area (Å²) in [6.45, 7) is 7.37. The molecule has 1 aromatic rings. The summed E-state index contributed by atoms with van der Waals surface area (Å²) in [7, 11) is 0. The predicted octanol–water partition coefficient (Wildman–Crippen LogP) is 4.03. The minimum atomic E-state index is -0.143. The summed E-state index contributed by atoms with van der Waals surface area (Å²) in [6, 6.07) is 9.35. The molecule has 0 saturated carbocycles. The van der Waals surface area contributed by atoms with E-state index in [1.807, 2.05) is 50.3 Å². The second-order valence-electron chi connectivity index (χ2n) is 4.35. The Bertz CT molecular complexity index is 642. The number of halogens is 1. The number of hydrogen-bond acceptors (Lipinski definition) is 2. The molecule has 0 spiro atoms. The van der Waals surface area contributed by atoms with Gasteiger partial charge in [-0.15, -0.1) is 0 Å². The average molecular weight is 287 g/mol. The van der Waals surface area contributed by atoms with Crippen LogP contribution in [-0.2, 0) is 4.79 Å². The Labute approximate surface area is 123 Å². The van der Waals surface area contributed by atoms with E-state index < -0.39 is 0 Å². The SMILES string of the molecule is C=C(Cl)/N=C1\C(=CC)C(C)=CC(=O)N1c1ccccc1. The molecule has 0 unspecified atom stereocenters.